The van der Waals surface area contributed by atoms with E-state index in [0.29, 0.717) is 6.42 Å². The predicted octanol–water partition coefficient (Wildman–Crippen LogP) is 3.31. The quantitative estimate of drug-likeness (QED) is 0.931. The van der Waals surface area contributed by atoms with E-state index in [-0.39, 0.29) is 6.04 Å². The first kappa shape index (κ1) is 13.4. The molecule has 3 nitrogen and oxygen atoms in total. The fraction of sp³-hybridized carbons (Fsp3) is 0.500. The van der Waals surface area contributed by atoms with Crippen LogP contribution in [-0.2, 0) is 11.2 Å². The number of fused-ring (bicyclic) bond motifs is 1. The number of aliphatic carboxylic acids is 1. The number of benzene rings is 1. The molecule has 1 aromatic rings. The van der Waals surface area contributed by atoms with Gasteiger partial charge < -0.3 is 10.0 Å². The van der Waals surface area contributed by atoms with Gasteiger partial charge in [-0.2, -0.15) is 0 Å². The standard InChI is InChI=1S/C14H18BrNO2/c1-14(2,13(17)18)8-11-7-9-6-10(15)4-5-12(9)16(11)3/h4-6,11H,7-8H2,1-3H3,(H,17,18). The van der Waals surface area contributed by atoms with Crippen LogP contribution in [0.25, 0.3) is 0 Å². The Labute approximate surface area is 116 Å². The molecule has 1 aliphatic rings. The number of nitrogens with zero attached hydrogens (tertiary/aromatic N) is 1. The van der Waals surface area contributed by atoms with Gasteiger partial charge in [0.25, 0.3) is 0 Å². The van der Waals surface area contributed by atoms with Crippen LogP contribution in [0.1, 0.15) is 25.8 Å². The Hall–Kier alpha value is -1.03. The first-order valence-electron chi connectivity index (χ1n) is 6.06. The molecule has 0 amide bonds. The van der Waals surface area contributed by atoms with Crippen molar-refractivity contribution in [1.82, 2.24) is 0 Å². The zero-order chi connectivity index (χ0) is 13.5. The highest BCUT2D eigenvalue weighted by Gasteiger charge is 2.35. The topological polar surface area (TPSA) is 40.5 Å². The van der Waals surface area contributed by atoms with Crippen molar-refractivity contribution in [3.63, 3.8) is 0 Å². The SMILES string of the molecule is CN1c2ccc(Br)cc2CC1CC(C)(C)C(=O)O. The number of carbonyl (C=O) groups is 1. The number of carboxylic acid groups (broad SMARTS) is 1. The van der Waals surface area contributed by atoms with Crippen molar-refractivity contribution in [1.29, 1.82) is 0 Å². The molecule has 18 heavy (non-hydrogen) atoms. The molecule has 2 rings (SSSR count). The van der Waals surface area contributed by atoms with Gasteiger partial charge in [-0.15, -0.1) is 0 Å². The van der Waals surface area contributed by atoms with Crippen molar-refractivity contribution >= 4 is 27.6 Å². The third-order valence-corrected chi connectivity index (χ3v) is 4.24. The number of carboxylic acids is 1. The second-order valence-corrected chi connectivity index (χ2v) is 6.55. The minimum absolute atomic E-state index is 0.264. The molecule has 4 heteroatoms. The summed E-state index contributed by atoms with van der Waals surface area (Å²) in [5.74, 6) is -0.729. The normalized spacial score (nSPS) is 18.9. The average molecular weight is 312 g/mol. The number of anilines is 1. The summed E-state index contributed by atoms with van der Waals surface area (Å²) in [7, 11) is 2.04. The Balaban J connectivity index is 2.19. The molecule has 0 saturated carbocycles. The van der Waals surface area contributed by atoms with Gasteiger partial charge in [-0.1, -0.05) is 15.9 Å². The summed E-state index contributed by atoms with van der Waals surface area (Å²) >= 11 is 3.48. The molecule has 0 saturated heterocycles. The van der Waals surface area contributed by atoms with E-state index in [1.807, 2.05) is 13.1 Å². The van der Waals surface area contributed by atoms with Crippen molar-refractivity contribution < 1.29 is 9.90 Å². The lowest BCUT2D eigenvalue weighted by atomic mass is 9.85. The molecular weight excluding hydrogens is 294 g/mol. The smallest absolute Gasteiger partial charge is 0.309 e. The Morgan fingerprint density at radius 3 is 2.83 bits per heavy atom. The Bertz CT molecular complexity index is 485. The van der Waals surface area contributed by atoms with Crippen molar-refractivity contribution in [3.8, 4) is 0 Å². The first-order valence-corrected chi connectivity index (χ1v) is 6.85. The van der Waals surface area contributed by atoms with Crippen LogP contribution >= 0.6 is 15.9 Å². The molecule has 0 bridgehead atoms. The molecule has 0 spiro atoms. The van der Waals surface area contributed by atoms with Crippen molar-refractivity contribution in [2.45, 2.75) is 32.7 Å². The van der Waals surface area contributed by atoms with Crippen LogP contribution in [0.5, 0.6) is 0 Å². The maximum atomic E-state index is 11.2. The van der Waals surface area contributed by atoms with E-state index in [9.17, 15) is 9.90 Å². The third-order valence-electron chi connectivity index (χ3n) is 3.75. The lowest BCUT2D eigenvalue weighted by Crippen LogP contribution is -2.36. The number of halogens is 1. The highest BCUT2D eigenvalue weighted by molar-refractivity contribution is 9.10. The largest absolute Gasteiger partial charge is 0.481 e. The minimum Gasteiger partial charge on any atom is -0.481 e. The highest BCUT2D eigenvalue weighted by Crippen LogP contribution is 2.37. The fourth-order valence-electron chi connectivity index (χ4n) is 2.53. The lowest BCUT2D eigenvalue weighted by molar-refractivity contribution is -0.147. The van der Waals surface area contributed by atoms with Gasteiger partial charge >= 0.3 is 5.97 Å². The van der Waals surface area contributed by atoms with Crippen LogP contribution in [0.15, 0.2) is 22.7 Å². The number of rotatable bonds is 3. The average Bonchev–Trinajstić information content (AvgIpc) is 2.54. The molecule has 0 aromatic heterocycles. The Morgan fingerprint density at radius 2 is 2.22 bits per heavy atom. The molecule has 1 aliphatic heterocycles. The van der Waals surface area contributed by atoms with Gasteiger partial charge in [0.05, 0.1) is 5.41 Å². The molecule has 0 radical (unpaired) electrons. The second-order valence-electron chi connectivity index (χ2n) is 5.64. The maximum absolute atomic E-state index is 11.2. The zero-order valence-electron chi connectivity index (χ0n) is 10.9. The fourth-order valence-corrected chi connectivity index (χ4v) is 2.94. The van der Waals surface area contributed by atoms with Gasteiger partial charge in [0.15, 0.2) is 0 Å². The van der Waals surface area contributed by atoms with E-state index in [0.717, 1.165) is 10.9 Å². The molecule has 98 valence electrons. The van der Waals surface area contributed by atoms with Crippen molar-refractivity contribution in [3.05, 3.63) is 28.2 Å². The summed E-state index contributed by atoms with van der Waals surface area (Å²) in [5.41, 5.74) is 1.82. The second kappa shape index (κ2) is 4.57. The van der Waals surface area contributed by atoms with Crippen LogP contribution in [-0.4, -0.2) is 24.2 Å². The molecule has 1 unspecified atom stereocenters. The molecule has 1 N–H and O–H groups in total. The highest BCUT2D eigenvalue weighted by atomic mass is 79.9. The lowest BCUT2D eigenvalue weighted by Gasteiger charge is -2.29. The maximum Gasteiger partial charge on any atom is 0.309 e. The van der Waals surface area contributed by atoms with Crippen molar-refractivity contribution in [2.24, 2.45) is 5.41 Å². The summed E-state index contributed by atoms with van der Waals surface area (Å²) in [4.78, 5) is 13.4. The summed E-state index contributed by atoms with van der Waals surface area (Å²) < 4.78 is 1.08. The van der Waals surface area contributed by atoms with Gasteiger partial charge in [0.1, 0.15) is 0 Å². The summed E-state index contributed by atoms with van der Waals surface area (Å²) in [6.45, 7) is 3.59. The van der Waals surface area contributed by atoms with Gasteiger partial charge in [-0.3, -0.25) is 4.79 Å². The van der Waals surface area contributed by atoms with E-state index < -0.39 is 11.4 Å². The van der Waals surface area contributed by atoms with Crippen LogP contribution in [0.3, 0.4) is 0 Å². The Kier molecular flexibility index (Phi) is 3.41. The summed E-state index contributed by atoms with van der Waals surface area (Å²) in [6, 6.07) is 6.51. The zero-order valence-corrected chi connectivity index (χ0v) is 12.5. The van der Waals surface area contributed by atoms with Gasteiger partial charge in [-0.05, 0) is 50.5 Å². The van der Waals surface area contributed by atoms with E-state index >= 15 is 0 Å². The molecule has 1 heterocycles. The molecule has 1 atom stereocenters. The van der Waals surface area contributed by atoms with Crippen LogP contribution in [0.2, 0.25) is 0 Å². The Morgan fingerprint density at radius 1 is 1.56 bits per heavy atom. The van der Waals surface area contributed by atoms with Gasteiger partial charge in [0, 0.05) is 23.2 Å². The van der Waals surface area contributed by atoms with E-state index in [4.69, 9.17) is 0 Å². The summed E-state index contributed by atoms with van der Waals surface area (Å²) in [5, 5.41) is 9.22. The van der Waals surface area contributed by atoms with Crippen LogP contribution < -0.4 is 4.90 Å². The van der Waals surface area contributed by atoms with Crippen LogP contribution in [0.4, 0.5) is 5.69 Å². The minimum atomic E-state index is -0.729. The van der Waals surface area contributed by atoms with Crippen LogP contribution in [0, 0.1) is 5.41 Å². The molecular formula is C14H18BrNO2. The number of hydrogen-bond acceptors (Lipinski definition) is 2. The number of hydrogen-bond donors (Lipinski definition) is 1. The van der Waals surface area contributed by atoms with E-state index in [1.165, 1.54) is 11.3 Å². The molecule has 1 aromatic carbocycles. The van der Waals surface area contributed by atoms with E-state index in [1.54, 1.807) is 13.8 Å². The third kappa shape index (κ3) is 2.39. The predicted molar refractivity (Wildman–Crippen MR) is 76.1 cm³/mol. The summed E-state index contributed by atoms with van der Waals surface area (Å²) in [6.07, 6.45) is 1.58. The van der Waals surface area contributed by atoms with Gasteiger partial charge in [-0.25, -0.2) is 0 Å². The number of likely N-dealkylation sites (N-methyl/N-ethyl adjacent to an activating group) is 1. The van der Waals surface area contributed by atoms with Crippen molar-refractivity contribution in [2.75, 3.05) is 11.9 Å². The first-order chi connectivity index (χ1) is 8.31. The molecule has 0 aliphatic carbocycles. The monoisotopic (exact) mass is 311 g/mol. The van der Waals surface area contributed by atoms with E-state index in [2.05, 4.69) is 33.0 Å². The molecule has 0 fully saturated rings. The van der Waals surface area contributed by atoms with Gasteiger partial charge in [0.2, 0.25) is 0 Å².